The molecule has 2 rings (SSSR count). The predicted octanol–water partition coefficient (Wildman–Crippen LogP) is 2.63. The van der Waals surface area contributed by atoms with Gasteiger partial charge in [0.1, 0.15) is 5.82 Å². The smallest absolute Gasteiger partial charge is 0.125 e. The van der Waals surface area contributed by atoms with Crippen LogP contribution in [0.4, 0.5) is 10.1 Å². The average Bonchev–Trinajstić information content (AvgIpc) is 2.30. The number of halogens is 1. The van der Waals surface area contributed by atoms with Crippen molar-refractivity contribution in [3.63, 3.8) is 0 Å². The van der Waals surface area contributed by atoms with Crippen molar-refractivity contribution < 1.29 is 4.39 Å². The second kappa shape index (κ2) is 5.85. The van der Waals surface area contributed by atoms with Gasteiger partial charge in [-0.05, 0) is 56.5 Å². The fourth-order valence-electron chi connectivity index (χ4n) is 2.19. The maximum absolute atomic E-state index is 12.9. The lowest BCUT2D eigenvalue weighted by atomic mass is 9.95. The second-order valence-corrected chi connectivity index (χ2v) is 4.42. The van der Waals surface area contributed by atoms with Gasteiger partial charge in [-0.15, -0.1) is 0 Å². The molecule has 1 heterocycles. The summed E-state index contributed by atoms with van der Waals surface area (Å²) in [5.74, 6) is 0.647. The van der Waals surface area contributed by atoms with Crippen LogP contribution in [0.25, 0.3) is 0 Å². The van der Waals surface area contributed by atoms with E-state index < -0.39 is 0 Å². The van der Waals surface area contributed by atoms with Crippen LogP contribution in [-0.4, -0.2) is 19.6 Å². The molecule has 0 aromatic heterocycles. The van der Waals surface area contributed by atoms with Crippen molar-refractivity contribution in [2.75, 3.05) is 25.0 Å². The van der Waals surface area contributed by atoms with Crippen molar-refractivity contribution in [3.05, 3.63) is 30.1 Å². The molecule has 0 radical (unpaired) electrons. The number of benzene rings is 1. The highest BCUT2D eigenvalue weighted by Crippen LogP contribution is 2.16. The first-order valence-corrected chi connectivity index (χ1v) is 6.05. The zero-order valence-corrected chi connectivity index (χ0v) is 9.51. The third kappa shape index (κ3) is 3.49. The van der Waals surface area contributed by atoms with Gasteiger partial charge in [-0.2, -0.15) is 0 Å². The Kier molecular flexibility index (Phi) is 4.17. The Morgan fingerprint density at radius 1 is 1.31 bits per heavy atom. The molecular weight excluding hydrogens is 203 g/mol. The van der Waals surface area contributed by atoms with Crippen LogP contribution in [0.15, 0.2) is 24.3 Å². The third-order valence-electron chi connectivity index (χ3n) is 3.17. The molecule has 16 heavy (non-hydrogen) atoms. The lowest BCUT2D eigenvalue weighted by Gasteiger charge is -2.22. The fraction of sp³-hybridized carbons (Fsp3) is 0.538. The van der Waals surface area contributed by atoms with Crippen LogP contribution >= 0.6 is 0 Å². The summed E-state index contributed by atoms with van der Waals surface area (Å²) in [6, 6.07) is 6.66. The second-order valence-electron chi connectivity index (χ2n) is 4.42. The first kappa shape index (κ1) is 11.4. The number of piperidine rings is 1. The lowest BCUT2D eigenvalue weighted by Crippen LogP contribution is -2.28. The highest BCUT2D eigenvalue weighted by Gasteiger charge is 2.11. The molecular formula is C13H19FN2. The molecule has 0 aliphatic carbocycles. The topological polar surface area (TPSA) is 24.1 Å². The normalized spacial score (nSPS) is 17.3. The Bertz CT molecular complexity index is 321. The Morgan fingerprint density at radius 3 is 2.88 bits per heavy atom. The van der Waals surface area contributed by atoms with Crippen molar-refractivity contribution >= 4 is 5.69 Å². The van der Waals surface area contributed by atoms with E-state index in [2.05, 4.69) is 10.6 Å². The number of hydrogen-bond donors (Lipinski definition) is 2. The first-order valence-electron chi connectivity index (χ1n) is 6.05. The highest BCUT2D eigenvalue weighted by molar-refractivity contribution is 5.42. The average molecular weight is 222 g/mol. The summed E-state index contributed by atoms with van der Waals surface area (Å²) in [7, 11) is 0. The summed E-state index contributed by atoms with van der Waals surface area (Å²) in [5.41, 5.74) is 0.883. The molecule has 88 valence electrons. The summed E-state index contributed by atoms with van der Waals surface area (Å²) in [4.78, 5) is 0. The van der Waals surface area contributed by atoms with Gasteiger partial charge in [0.05, 0.1) is 0 Å². The summed E-state index contributed by atoms with van der Waals surface area (Å²) in [6.45, 7) is 3.23. The van der Waals surface area contributed by atoms with Crippen molar-refractivity contribution in [2.45, 2.75) is 19.3 Å². The van der Waals surface area contributed by atoms with Crippen molar-refractivity contribution in [3.8, 4) is 0 Å². The minimum Gasteiger partial charge on any atom is -0.385 e. The van der Waals surface area contributed by atoms with E-state index in [-0.39, 0.29) is 5.82 Å². The summed E-state index contributed by atoms with van der Waals surface area (Å²) in [5, 5.41) is 6.63. The van der Waals surface area contributed by atoms with Crippen LogP contribution in [0.5, 0.6) is 0 Å². The largest absolute Gasteiger partial charge is 0.385 e. The van der Waals surface area contributed by atoms with Crippen molar-refractivity contribution in [1.29, 1.82) is 0 Å². The quantitative estimate of drug-likeness (QED) is 0.818. The summed E-state index contributed by atoms with van der Waals surface area (Å²) < 4.78 is 12.9. The standard InChI is InChI=1S/C13H19FN2/c14-12-2-1-3-13(10-12)16-9-6-11-4-7-15-8-5-11/h1-3,10-11,15-16H,4-9H2. The van der Waals surface area contributed by atoms with Crippen LogP contribution in [0, 0.1) is 11.7 Å². The zero-order valence-electron chi connectivity index (χ0n) is 9.51. The Labute approximate surface area is 96.2 Å². The Hall–Kier alpha value is -1.09. The summed E-state index contributed by atoms with van der Waals surface area (Å²) in [6.07, 6.45) is 3.72. The molecule has 0 saturated carbocycles. The molecule has 1 aromatic carbocycles. The van der Waals surface area contributed by atoms with Crippen LogP contribution in [0.1, 0.15) is 19.3 Å². The van der Waals surface area contributed by atoms with Gasteiger partial charge in [-0.1, -0.05) is 6.07 Å². The molecule has 0 amide bonds. The third-order valence-corrected chi connectivity index (χ3v) is 3.17. The van der Waals surface area contributed by atoms with Crippen molar-refractivity contribution in [2.24, 2.45) is 5.92 Å². The predicted molar refractivity (Wildman–Crippen MR) is 65.1 cm³/mol. The molecule has 1 fully saturated rings. The zero-order chi connectivity index (χ0) is 11.2. The maximum atomic E-state index is 12.9. The van der Waals surface area contributed by atoms with E-state index in [1.807, 2.05) is 6.07 Å². The minimum atomic E-state index is -0.174. The Morgan fingerprint density at radius 2 is 2.12 bits per heavy atom. The van der Waals surface area contributed by atoms with Crippen molar-refractivity contribution in [1.82, 2.24) is 5.32 Å². The Balaban J connectivity index is 1.71. The number of hydrogen-bond acceptors (Lipinski definition) is 2. The molecule has 3 heteroatoms. The van der Waals surface area contributed by atoms with Gasteiger partial charge < -0.3 is 10.6 Å². The minimum absolute atomic E-state index is 0.174. The van der Waals surface area contributed by atoms with E-state index in [0.717, 1.165) is 31.2 Å². The van der Waals surface area contributed by atoms with Crippen LogP contribution in [0.3, 0.4) is 0 Å². The van der Waals surface area contributed by atoms with Gasteiger partial charge in [-0.3, -0.25) is 0 Å². The van der Waals surface area contributed by atoms with Crippen LogP contribution < -0.4 is 10.6 Å². The fourth-order valence-corrected chi connectivity index (χ4v) is 2.19. The van der Waals surface area contributed by atoms with E-state index in [1.54, 1.807) is 12.1 Å². The van der Waals surface area contributed by atoms with Crippen LogP contribution in [0.2, 0.25) is 0 Å². The molecule has 1 saturated heterocycles. The van der Waals surface area contributed by atoms with E-state index >= 15 is 0 Å². The molecule has 1 aliphatic heterocycles. The van der Waals surface area contributed by atoms with E-state index in [1.165, 1.54) is 25.3 Å². The molecule has 1 aromatic rings. The van der Waals surface area contributed by atoms with Gasteiger partial charge in [0.25, 0.3) is 0 Å². The molecule has 0 bridgehead atoms. The van der Waals surface area contributed by atoms with Gasteiger partial charge in [0.15, 0.2) is 0 Å². The molecule has 0 atom stereocenters. The molecule has 2 nitrogen and oxygen atoms in total. The summed E-state index contributed by atoms with van der Waals surface area (Å²) >= 11 is 0. The van der Waals surface area contributed by atoms with Gasteiger partial charge in [0, 0.05) is 12.2 Å². The molecule has 1 aliphatic rings. The van der Waals surface area contributed by atoms with Gasteiger partial charge >= 0.3 is 0 Å². The number of rotatable bonds is 4. The lowest BCUT2D eigenvalue weighted by molar-refractivity contribution is 0.361. The monoisotopic (exact) mass is 222 g/mol. The highest BCUT2D eigenvalue weighted by atomic mass is 19.1. The molecule has 2 N–H and O–H groups in total. The van der Waals surface area contributed by atoms with Gasteiger partial charge in [-0.25, -0.2) is 4.39 Å². The molecule has 0 spiro atoms. The number of anilines is 1. The van der Waals surface area contributed by atoms with Crippen LogP contribution in [-0.2, 0) is 0 Å². The van der Waals surface area contributed by atoms with E-state index in [9.17, 15) is 4.39 Å². The van der Waals surface area contributed by atoms with E-state index in [0.29, 0.717) is 0 Å². The van der Waals surface area contributed by atoms with Gasteiger partial charge in [0.2, 0.25) is 0 Å². The molecule has 0 unspecified atom stereocenters. The number of nitrogens with one attached hydrogen (secondary N) is 2. The van der Waals surface area contributed by atoms with E-state index in [4.69, 9.17) is 0 Å². The first-order chi connectivity index (χ1) is 7.84. The maximum Gasteiger partial charge on any atom is 0.125 e. The SMILES string of the molecule is Fc1cccc(NCCC2CCNCC2)c1.